The lowest BCUT2D eigenvalue weighted by atomic mass is 9.71. The van der Waals surface area contributed by atoms with Crippen molar-refractivity contribution < 1.29 is 14.2 Å². The zero-order valence-corrected chi connectivity index (χ0v) is 21.9. The van der Waals surface area contributed by atoms with Crippen LogP contribution >= 0.6 is 12.4 Å². The highest BCUT2D eigenvalue weighted by Crippen LogP contribution is 2.47. The van der Waals surface area contributed by atoms with Gasteiger partial charge in [0.1, 0.15) is 5.75 Å². The summed E-state index contributed by atoms with van der Waals surface area (Å²) in [6, 6.07) is 9.71. The van der Waals surface area contributed by atoms with Gasteiger partial charge in [-0.25, -0.2) is 4.79 Å². The van der Waals surface area contributed by atoms with E-state index in [-0.39, 0.29) is 29.9 Å². The van der Waals surface area contributed by atoms with Crippen LogP contribution in [-0.2, 0) is 13.0 Å². The lowest BCUT2D eigenvalue weighted by Crippen LogP contribution is -2.43. The molecule has 1 aliphatic carbocycles. The molecule has 2 aromatic carbocycles. The summed E-state index contributed by atoms with van der Waals surface area (Å²) in [5.41, 5.74) is 2.34. The van der Waals surface area contributed by atoms with Gasteiger partial charge >= 0.3 is 5.69 Å². The second kappa shape index (κ2) is 10.6. The van der Waals surface area contributed by atoms with Crippen molar-refractivity contribution in [1.82, 2.24) is 14.9 Å². The Balaban J connectivity index is 0.00000304. The zero-order valence-electron chi connectivity index (χ0n) is 21.1. The van der Waals surface area contributed by atoms with Crippen molar-refractivity contribution >= 4 is 23.3 Å². The van der Waals surface area contributed by atoms with Gasteiger partial charge in [-0.05, 0) is 48.9 Å². The Kier molecular flexibility index (Phi) is 7.66. The fraction of sp³-hybridized carbons (Fsp3) is 0.481. The Morgan fingerprint density at radius 2 is 1.78 bits per heavy atom. The summed E-state index contributed by atoms with van der Waals surface area (Å²) in [7, 11) is 4.78. The molecular weight excluding hydrogens is 482 g/mol. The number of benzene rings is 2. The van der Waals surface area contributed by atoms with Crippen LogP contribution in [0.2, 0.25) is 0 Å². The van der Waals surface area contributed by atoms with Gasteiger partial charge in [-0.15, -0.1) is 12.4 Å². The van der Waals surface area contributed by atoms with Crippen molar-refractivity contribution in [3.8, 4) is 17.2 Å². The van der Waals surface area contributed by atoms with Gasteiger partial charge in [0, 0.05) is 30.1 Å². The third kappa shape index (κ3) is 4.26. The van der Waals surface area contributed by atoms with E-state index in [1.807, 2.05) is 6.07 Å². The molecule has 2 N–H and O–H groups in total. The molecule has 5 rings (SSSR count). The van der Waals surface area contributed by atoms with Gasteiger partial charge in [0.15, 0.2) is 11.5 Å². The number of ether oxygens (including phenoxy) is 3. The highest BCUT2D eigenvalue weighted by atomic mass is 35.5. The first-order chi connectivity index (χ1) is 17.0. The summed E-state index contributed by atoms with van der Waals surface area (Å²) in [6.07, 6.45) is 3.01. The zero-order chi connectivity index (χ0) is 24.7. The molecule has 1 aliphatic heterocycles. The van der Waals surface area contributed by atoms with E-state index in [1.54, 1.807) is 19.2 Å². The van der Waals surface area contributed by atoms with Gasteiger partial charge in [-0.1, -0.05) is 25.5 Å². The number of nitrogens with zero attached hydrogens (tertiary/aromatic N) is 1. The first kappa shape index (κ1) is 26.1. The standard InChI is InChI=1S/C27H33N3O5.ClH/c1-5-15(25-24-17(13-28-25)10-9-16-7-6-8-20(33-2)23(16)24)14-30-26(31)18-11-21(34-3)22(35-4)12-19(18)29-27(30)32;/h6-8,11-12,15,17,24-25,28H,5,9-10,13-14H2,1-4H3,(H,29,32);1H/t15?,17-,24+,25?;/m0./s1. The van der Waals surface area contributed by atoms with Crippen molar-refractivity contribution in [3.05, 3.63) is 62.3 Å². The first-order valence-electron chi connectivity index (χ1n) is 12.3. The predicted molar refractivity (Wildman–Crippen MR) is 142 cm³/mol. The summed E-state index contributed by atoms with van der Waals surface area (Å²) < 4.78 is 17.8. The highest BCUT2D eigenvalue weighted by molar-refractivity contribution is 5.85. The summed E-state index contributed by atoms with van der Waals surface area (Å²) in [6.45, 7) is 3.39. The Bertz CT molecular complexity index is 1350. The average molecular weight is 516 g/mol. The van der Waals surface area contributed by atoms with E-state index in [4.69, 9.17) is 14.2 Å². The van der Waals surface area contributed by atoms with Crippen LogP contribution in [0.1, 0.15) is 36.8 Å². The molecule has 194 valence electrons. The number of aromatic nitrogens is 2. The molecule has 9 heteroatoms. The topological polar surface area (TPSA) is 94.6 Å². The average Bonchev–Trinajstić information content (AvgIpc) is 3.32. The van der Waals surface area contributed by atoms with E-state index in [0.717, 1.165) is 31.6 Å². The molecule has 36 heavy (non-hydrogen) atoms. The quantitative estimate of drug-likeness (QED) is 0.500. The summed E-state index contributed by atoms with van der Waals surface area (Å²) >= 11 is 0. The van der Waals surface area contributed by atoms with Gasteiger partial charge in [0.05, 0.1) is 32.2 Å². The molecule has 4 atom stereocenters. The molecule has 0 radical (unpaired) electrons. The molecule has 0 saturated carbocycles. The molecule has 2 heterocycles. The van der Waals surface area contributed by atoms with Crippen LogP contribution < -0.4 is 30.8 Å². The van der Waals surface area contributed by atoms with Crippen molar-refractivity contribution in [1.29, 1.82) is 0 Å². The van der Waals surface area contributed by atoms with E-state index in [2.05, 4.69) is 29.4 Å². The minimum absolute atomic E-state index is 0. The Hall–Kier alpha value is -2.97. The molecule has 2 unspecified atom stereocenters. The number of hydrogen-bond acceptors (Lipinski definition) is 6. The molecule has 0 amide bonds. The SMILES string of the molecule is CCC(Cn1c(=O)[nH]c2cc(OC)c(OC)cc2c1=O)C1NC[C@@H]2CCc3cccc(OC)c3[C@H]12.Cl. The lowest BCUT2D eigenvalue weighted by Gasteiger charge is -2.35. The monoisotopic (exact) mass is 515 g/mol. The van der Waals surface area contributed by atoms with Gasteiger partial charge in [0.25, 0.3) is 5.56 Å². The Morgan fingerprint density at radius 1 is 1.06 bits per heavy atom. The van der Waals surface area contributed by atoms with Gasteiger partial charge < -0.3 is 24.5 Å². The number of hydrogen-bond donors (Lipinski definition) is 2. The number of halogens is 1. The molecule has 8 nitrogen and oxygen atoms in total. The first-order valence-corrected chi connectivity index (χ1v) is 12.3. The second-order valence-corrected chi connectivity index (χ2v) is 9.56. The van der Waals surface area contributed by atoms with Crippen LogP contribution in [0.15, 0.2) is 39.9 Å². The highest BCUT2D eigenvalue weighted by Gasteiger charge is 2.44. The number of nitrogens with one attached hydrogen (secondary N) is 2. The Labute approximate surface area is 216 Å². The number of methoxy groups -OCH3 is 3. The smallest absolute Gasteiger partial charge is 0.328 e. The molecule has 0 spiro atoms. The maximum Gasteiger partial charge on any atom is 0.328 e. The predicted octanol–water partition coefficient (Wildman–Crippen LogP) is 3.48. The number of rotatable bonds is 7. The van der Waals surface area contributed by atoms with E-state index < -0.39 is 5.69 Å². The largest absolute Gasteiger partial charge is 0.496 e. The second-order valence-electron chi connectivity index (χ2n) is 9.56. The third-order valence-corrected chi connectivity index (χ3v) is 7.94. The molecule has 1 fully saturated rings. The minimum Gasteiger partial charge on any atom is -0.496 e. The van der Waals surface area contributed by atoms with Crippen LogP contribution in [0.4, 0.5) is 0 Å². The van der Waals surface area contributed by atoms with Gasteiger partial charge in [-0.2, -0.15) is 0 Å². The van der Waals surface area contributed by atoms with Crippen molar-refractivity contribution in [2.75, 3.05) is 27.9 Å². The molecule has 2 aliphatic rings. The number of H-pyrrole nitrogens is 1. The molecule has 0 bridgehead atoms. The normalized spacial score (nSPS) is 21.3. The molecule has 1 saturated heterocycles. The summed E-state index contributed by atoms with van der Waals surface area (Å²) in [5.74, 6) is 2.75. The molecular formula is C27H34ClN3O5. The van der Waals surface area contributed by atoms with Crippen molar-refractivity contribution in [2.45, 2.75) is 44.7 Å². The van der Waals surface area contributed by atoms with Crippen LogP contribution in [0.3, 0.4) is 0 Å². The van der Waals surface area contributed by atoms with Crippen molar-refractivity contribution in [3.63, 3.8) is 0 Å². The summed E-state index contributed by atoms with van der Waals surface area (Å²) in [4.78, 5) is 29.4. The fourth-order valence-electron chi connectivity index (χ4n) is 6.17. The van der Waals surface area contributed by atoms with Crippen LogP contribution in [0, 0.1) is 11.8 Å². The van der Waals surface area contributed by atoms with Gasteiger partial charge in [-0.3, -0.25) is 9.36 Å². The number of aryl methyl sites for hydroxylation is 1. The van der Waals surface area contributed by atoms with Crippen LogP contribution in [0.25, 0.3) is 10.9 Å². The Morgan fingerprint density at radius 3 is 2.47 bits per heavy atom. The third-order valence-electron chi connectivity index (χ3n) is 7.94. The van der Waals surface area contributed by atoms with Crippen LogP contribution in [-0.4, -0.2) is 43.5 Å². The maximum absolute atomic E-state index is 13.5. The molecule has 1 aromatic heterocycles. The maximum atomic E-state index is 13.5. The fourth-order valence-corrected chi connectivity index (χ4v) is 6.17. The lowest BCUT2D eigenvalue weighted by molar-refractivity contribution is 0.280. The van der Waals surface area contributed by atoms with Crippen molar-refractivity contribution in [2.24, 2.45) is 11.8 Å². The van der Waals surface area contributed by atoms with Gasteiger partial charge in [0.2, 0.25) is 0 Å². The number of aromatic amines is 1. The van der Waals surface area contributed by atoms with Crippen LogP contribution in [0.5, 0.6) is 17.2 Å². The van der Waals surface area contributed by atoms with E-state index >= 15 is 0 Å². The van der Waals surface area contributed by atoms with E-state index in [0.29, 0.717) is 40.8 Å². The minimum atomic E-state index is -0.413. The summed E-state index contributed by atoms with van der Waals surface area (Å²) in [5, 5.41) is 4.15. The van der Waals surface area contributed by atoms with E-state index in [1.165, 1.54) is 29.9 Å². The van der Waals surface area contributed by atoms with E-state index in [9.17, 15) is 9.59 Å². The molecule has 3 aromatic rings. The number of fused-ring (bicyclic) bond motifs is 4.